The third kappa shape index (κ3) is 4.61. The molecule has 3 aromatic rings. The van der Waals surface area contributed by atoms with Gasteiger partial charge in [0.1, 0.15) is 16.4 Å². The molecule has 1 N–H and O–H groups in total. The molecule has 1 aliphatic rings. The Labute approximate surface area is 192 Å². The highest BCUT2D eigenvalue weighted by atomic mass is 35.5. The number of nitrogens with zero attached hydrogens (tertiary/aromatic N) is 1. The second-order valence-corrected chi connectivity index (χ2v) is 8.78. The molecule has 0 atom stereocenters. The van der Waals surface area contributed by atoms with E-state index in [0.717, 1.165) is 15.4 Å². The predicted molar refractivity (Wildman–Crippen MR) is 123 cm³/mol. The minimum Gasteiger partial charge on any atom is -0.350 e. The summed E-state index contributed by atoms with van der Waals surface area (Å²) in [6.45, 7) is 1.96. The van der Waals surface area contributed by atoms with Crippen LogP contribution < -0.4 is 10.2 Å². The van der Waals surface area contributed by atoms with E-state index in [0.29, 0.717) is 15.7 Å². The fourth-order valence-electron chi connectivity index (χ4n) is 3.02. The van der Waals surface area contributed by atoms with Gasteiger partial charge in [-0.05, 0) is 61.5 Å². The van der Waals surface area contributed by atoms with Crippen molar-refractivity contribution in [2.75, 3.05) is 10.2 Å². The van der Waals surface area contributed by atoms with E-state index in [4.69, 9.17) is 23.2 Å². The van der Waals surface area contributed by atoms with E-state index in [9.17, 15) is 14.0 Å². The topological polar surface area (TPSA) is 49.4 Å². The summed E-state index contributed by atoms with van der Waals surface area (Å²) in [4.78, 5) is 28.6. The first kappa shape index (κ1) is 21.4. The van der Waals surface area contributed by atoms with E-state index in [1.165, 1.54) is 54.2 Å². The smallest absolute Gasteiger partial charge is 0.283 e. The van der Waals surface area contributed by atoms with Crippen LogP contribution in [0.3, 0.4) is 0 Å². The number of benzene rings is 3. The van der Waals surface area contributed by atoms with Gasteiger partial charge in [0.15, 0.2) is 0 Å². The van der Waals surface area contributed by atoms with Gasteiger partial charge < -0.3 is 5.32 Å². The van der Waals surface area contributed by atoms with Crippen LogP contribution in [0.15, 0.2) is 82.2 Å². The third-order valence-electron chi connectivity index (χ3n) is 4.50. The van der Waals surface area contributed by atoms with Gasteiger partial charge in [-0.3, -0.25) is 9.59 Å². The van der Waals surface area contributed by atoms with Crippen molar-refractivity contribution in [3.05, 3.63) is 98.8 Å². The highest BCUT2D eigenvalue weighted by Crippen LogP contribution is 2.39. The molecule has 8 heteroatoms. The van der Waals surface area contributed by atoms with E-state index in [2.05, 4.69) is 5.32 Å². The number of hydrogen-bond donors (Lipinski definition) is 1. The predicted octanol–water partition coefficient (Wildman–Crippen LogP) is 6.43. The Morgan fingerprint density at radius 2 is 1.48 bits per heavy atom. The van der Waals surface area contributed by atoms with Gasteiger partial charge >= 0.3 is 0 Å². The molecule has 1 aliphatic heterocycles. The van der Waals surface area contributed by atoms with Crippen LogP contribution in [0.4, 0.5) is 15.8 Å². The van der Waals surface area contributed by atoms with Gasteiger partial charge in [0.05, 0.1) is 5.69 Å². The van der Waals surface area contributed by atoms with Crippen molar-refractivity contribution in [1.82, 2.24) is 0 Å². The maximum absolute atomic E-state index is 13.3. The van der Waals surface area contributed by atoms with Gasteiger partial charge in [-0.15, -0.1) is 0 Å². The van der Waals surface area contributed by atoms with E-state index < -0.39 is 17.6 Å². The molecule has 4 nitrogen and oxygen atoms in total. The van der Waals surface area contributed by atoms with Crippen molar-refractivity contribution in [2.24, 2.45) is 0 Å². The average molecular weight is 473 g/mol. The van der Waals surface area contributed by atoms with Crippen molar-refractivity contribution in [3.63, 3.8) is 0 Å². The molecule has 0 aliphatic carbocycles. The van der Waals surface area contributed by atoms with E-state index in [-0.39, 0.29) is 16.3 Å². The molecular weight excluding hydrogens is 458 g/mol. The molecule has 0 unspecified atom stereocenters. The van der Waals surface area contributed by atoms with Gasteiger partial charge in [0.25, 0.3) is 11.8 Å². The van der Waals surface area contributed by atoms with Gasteiger partial charge in [-0.1, -0.05) is 52.7 Å². The average Bonchev–Trinajstić information content (AvgIpc) is 2.94. The SMILES string of the molecule is Cc1ccc(SC2=C(Nc3ccc(F)cc3)C(=O)N(c3cc(Cl)cc(Cl)c3)C2=O)cc1. The Morgan fingerprint density at radius 3 is 2.10 bits per heavy atom. The summed E-state index contributed by atoms with van der Waals surface area (Å²) < 4.78 is 13.3. The fraction of sp³-hybridized carbons (Fsp3) is 0.0435. The number of carbonyl (C=O) groups is 2. The lowest BCUT2D eigenvalue weighted by molar-refractivity contribution is -0.120. The lowest BCUT2D eigenvalue weighted by atomic mass is 10.2. The molecule has 0 spiro atoms. The highest BCUT2D eigenvalue weighted by molar-refractivity contribution is 8.04. The van der Waals surface area contributed by atoms with E-state index in [1.54, 1.807) is 0 Å². The Morgan fingerprint density at radius 1 is 0.871 bits per heavy atom. The molecule has 2 amide bonds. The Hall–Kier alpha value is -2.80. The number of carbonyl (C=O) groups excluding carboxylic acids is 2. The number of thioether (sulfide) groups is 1. The van der Waals surface area contributed by atoms with Crippen molar-refractivity contribution in [2.45, 2.75) is 11.8 Å². The van der Waals surface area contributed by atoms with Crippen LogP contribution in [0.25, 0.3) is 0 Å². The van der Waals surface area contributed by atoms with Crippen molar-refractivity contribution in [1.29, 1.82) is 0 Å². The molecule has 0 aromatic heterocycles. The standard InChI is InChI=1S/C23H15Cl2FN2O2S/c1-13-2-8-19(9-3-13)31-21-20(27-17-6-4-16(26)5-7-17)22(29)28(23(21)30)18-11-14(24)10-15(25)12-18/h2-12,27H,1H3. The molecule has 31 heavy (non-hydrogen) atoms. The van der Waals surface area contributed by atoms with Crippen LogP contribution in [0.2, 0.25) is 10.0 Å². The van der Waals surface area contributed by atoms with Crippen LogP contribution in [-0.4, -0.2) is 11.8 Å². The minimum absolute atomic E-state index is 0.0956. The molecular formula is C23H15Cl2FN2O2S. The quantitative estimate of drug-likeness (QED) is 0.434. The summed E-state index contributed by atoms with van der Waals surface area (Å²) in [6.07, 6.45) is 0. The molecule has 0 bridgehead atoms. The maximum Gasteiger partial charge on any atom is 0.283 e. The number of halogens is 3. The number of anilines is 2. The Balaban J connectivity index is 1.75. The zero-order valence-corrected chi connectivity index (χ0v) is 18.5. The number of amides is 2. The van der Waals surface area contributed by atoms with Crippen LogP contribution in [0.1, 0.15) is 5.56 Å². The Bertz CT molecular complexity index is 1120. The van der Waals surface area contributed by atoms with Crippen LogP contribution in [0.5, 0.6) is 0 Å². The normalized spacial score (nSPS) is 13.9. The first-order valence-corrected chi connectivity index (χ1v) is 10.8. The molecule has 3 aromatic carbocycles. The summed E-state index contributed by atoms with van der Waals surface area (Å²) in [5.41, 5.74) is 1.92. The molecule has 1 heterocycles. The minimum atomic E-state index is -0.553. The molecule has 4 rings (SSSR count). The second-order valence-electron chi connectivity index (χ2n) is 6.82. The van der Waals surface area contributed by atoms with Gasteiger partial charge in [-0.25, -0.2) is 9.29 Å². The Kier molecular flexibility index (Phi) is 6.05. The largest absolute Gasteiger partial charge is 0.350 e. The zero-order valence-electron chi connectivity index (χ0n) is 16.2. The number of hydrogen-bond acceptors (Lipinski definition) is 4. The maximum atomic E-state index is 13.3. The van der Waals surface area contributed by atoms with Gasteiger partial charge in [-0.2, -0.15) is 0 Å². The van der Waals surface area contributed by atoms with Crippen molar-refractivity contribution >= 4 is 58.2 Å². The fourth-order valence-corrected chi connectivity index (χ4v) is 4.46. The zero-order chi connectivity index (χ0) is 22.1. The monoisotopic (exact) mass is 472 g/mol. The highest BCUT2D eigenvalue weighted by Gasteiger charge is 2.40. The van der Waals surface area contributed by atoms with Crippen molar-refractivity contribution < 1.29 is 14.0 Å². The van der Waals surface area contributed by atoms with E-state index in [1.807, 2.05) is 31.2 Å². The summed E-state index contributed by atoms with van der Waals surface area (Å²) >= 11 is 13.3. The second kappa shape index (κ2) is 8.75. The number of imide groups is 1. The first-order chi connectivity index (χ1) is 14.8. The molecule has 0 saturated carbocycles. The first-order valence-electron chi connectivity index (χ1n) is 9.18. The summed E-state index contributed by atoms with van der Waals surface area (Å²) in [5.74, 6) is -1.46. The molecule has 0 saturated heterocycles. The van der Waals surface area contributed by atoms with E-state index >= 15 is 0 Å². The number of rotatable bonds is 5. The lowest BCUT2D eigenvalue weighted by Crippen LogP contribution is -2.32. The summed E-state index contributed by atoms with van der Waals surface area (Å²) in [6, 6.07) is 17.6. The summed E-state index contributed by atoms with van der Waals surface area (Å²) in [5, 5.41) is 3.58. The number of nitrogens with one attached hydrogen (secondary N) is 1. The van der Waals surface area contributed by atoms with Gasteiger partial charge in [0, 0.05) is 20.6 Å². The summed E-state index contributed by atoms with van der Waals surface area (Å²) in [7, 11) is 0. The lowest BCUT2D eigenvalue weighted by Gasteiger charge is -2.16. The van der Waals surface area contributed by atoms with Crippen molar-refractivity contribution in [3.8, 4) is 0 Å². The molecule has 0 fully saturated rings. The third-order valence-corrected chi connectivity index (χ3v) is 6.03. The molecule has 156 valence electrons. The number of aryl methyl sites for hydroxylation is 1. The van der Waals surface area contributed by atoms with Crippen LogP contribution in [-0.2, 0) is 9.59 Å². The van der Waals surface area contributed by atoms with Crippen LogP contribution in [0, 0.1) is 12.7 Å². The molecule has 0 radical (unpaired) electrons. The van der Waals surface area contributed by atoms with Gasteiger partial charge in [0.2, 0.25) is 0 Å². The van der Waals surface area contributed by atoms with Crippen LogP contribution >= 0.6 is 35.0 Å².